The van der Waals surface area contributed by atoms with Gasteiger partial charge in [-0.15, -0.1) is 12.4 Å². The van der Waals surface area contributed by atoms with Crippen molar-refractivity contribution in [3.8, 4) is 0 Å². The molecule has 4 nitrogen and oxygen atoms in total. The van der Waals surface area contributed by atoms with Crippen LogP contribution in [0, 0.1) is 5.92 Å². The van der Waals surface area contributed by atoms with Gasteiger partial charge in [-0.2, -0.15) is 0 Å². The van der Waals surface area contributed by atoms with E-state index in [2.05, 4.69) is 10.2 Å². The quantitative estimate of drug-likeness (QED) is 0.837. The van der Waals surface area contributed by atoms with Gasteiger partial charge in [-0.3, -0.25) is 4.79 Å². The molecule has 5 heteroatoms. The van der Waals surface area contributed by atoms with Crippen molar-refractivity contribution in [2.24, 2.45) is 5.92 Å². The molecular weight excluding hydrogens is 252 g/mol. The molecular formula is C13H23ClN2O2. The molecule has 0 aromatic carbocycles. The number of fused-ring (bicyclic) bond motifs is 2. The van der Waals surface area contributed by atoms with Gasteiger partial charge in [-0.05, 0) is 44.6 Å². The van der Waals surface area contributed by atoms with Crippen LogP contribution in [-0.2, 0) is 9.53 Å². The van der Waals surface area contributed by atoms with Crippen LogP contribution >= 0.6 is 12.4 Å². The van der Waals surface area contributed by atoms with Gasteiger partial charge >= 0.3 is 0 Å². The summed E-state index contributed by atoms with van der Waals surface area (Å²) < 4.78 is 5.53. The van der Waals surface area contributed by atoms with Gasteiger partial charge in [0, 0.05) is 18.6 Å². The van der Waals surface area contributed by atoms with Crippen molar-refractivity contribution in [3.05, 3.63) is 0 Å². The number of hydrogen-bond acceptors (Lipinski definition) is 3. The normalized spacial score (nSPS) is 30.8. The van der Waals surface area contributed by atoms with Crippen LogP contribution in [0.5, 0.6) is 0 Å². The number of carbonyl (C=O) groups is 1. The first-order chi connectivity index (χ1) is 8.34. The third kappa shape index (κ3) is 3.16. The lowest BCUT2D eigenvalue weighted by Gasteiger charge is -2.27. The van der Waals surface area contributed by atoms with Crippen molar-refractivity contribution in [1.29, 1.82) is 0 Å². The number of nitrogens with one attached hydrogen (secondary N) is 1. The molecule has 104 valence electrons. The summed E-state index contributed by atoms with van der Waals surface area (Å²) in [6.45, 7) is 3.09. The SMILES string of the molecule is Cl.O=C(COCC1CC1)N1C2CCNCC1CC2. The van der Waals surface area contributed by atoms with Crippen molar-refractivity contribution in [1.82, 2.24) is 10.2 Å². The highest BCUT2D eigenvalue weighted by atomic mass is 35.5. The van der Waals surface area contributed by atoms with Crippen LogP contribution in [-0.4, -0.2) is 49.2 Å². The second-order valence-electron chi connectivity index (χ2n) is 5.64. The van der Waals surface area contributed by atoms with E-state index in [1.807, 2.05) is 0 Å². The molecule has 0 spiro atoms. The Kier molecular flexibility index (Phi) is 4.87. The Labute approximate surface area is 115 Å². The third-order valence-corrected chi connectivity index (χ3v) is 4.22. The molecule has 1 aliphatic carbocycles. The highest BCUT2D eigenvalue weighted by molar-refractivity contribution is 5.85. The molecule has 1 N–H and O–H groups in total. The van der Waals surface area contributed by atoms with Crippen LogP contribution in [0.4, 0.5) is 0 Å². The topological polar surface area (TPSA) is 41.6 Å². The van der Waals surface area contributed by atoms with Gasteiger partial charge in [0.25, 0.3) is 0 Å². The van der Waals surface area contributed by atoms with Gasteiger partial charge in [0.1, 0.15) is 6.61 Å². The highest BCUT2D eigenvalue weighted by Gasteiger charge is 2.37. The van der Waals surface area contributed by atoms with E-state index in [0.29, 0.717) is 18.7 Å². The fourth-order valence-corrected chi connectivity index (χ4v) is 3.06. The predicted molar refractivity (Wildman–Crippen MR) is 71.9 cm³/mol. The van der Waals surface area contributed by atoms with E-state index in [0.717, 1.165) is 38.5 Å². The molecule has 3 rings (SSSR count). The molecule has 1 amide bonds. The molecule has 2 heterocycles. The number of amides is 1. The Morgan fingerprint density at radius 3 is 2.72 bits per heavy atom. The lowest BCUT2D eigenvalue weighted by atomic mass is 10.1. The van der Waals surface area contributed by atoms with E-state index >= 15 is 0 Å². The summed E-state index contributed by atoms with van der Waals surface area (Å²) >= 11 is 0. The van der Waals surface area contributed by atoms with Crippen LogP contribution in [0.15, 0.2) is 0 Å². The first-order valence-corrected chi connectivity index (χ1v) is 6.94. The van der Waals surface area contributed by atoms with Crippen LogP contribution in [0.3, 0.4) is 0 Å². The van der Waals surface area contributed by atoms with Crippen molar-refractivity contribution >= 4 is 18.3 Å². The number of halogens is 1. The monoisotopic (exact) mass is 274 g/mol. The van der Waals surface area contributed by atoms with Crippen LogP contribution in [0.2, 0.25) is 0 Å². The molecule has 1 saturated carbocycles. The highest BCUT2D eigenvalue weighted by Crippen LogP contribution is 2.30. The van der Waals surface area contributed by atoms with Crippen molar-refractivity contribution in [2.45, 2.75) is 44.2 Å². The molecule has 18 heavy (non-hydrogen) atoms. The largest absolute Gasteiger partial charge is 0.371 e. The van der Waals surface area contributed by atoms with Gasteiger partial charge in [-0.25, -0.2) is 0 Å². The fraction of sp³-hybridized carbons (Fsp3) is 0.923. The number of hydrogen-bond donors (Lipinski definition) is 1. The molecule has 2 atom stereocenters. The van der Waals surface area contributed by atoms with E-state index in [4.69, 9.17) is 4.74 Å². The molecule has 3 fully saturated rings. The summed E-state index contributed by atoms with van der Waals surface area (Å²) in [5.41, 5.74) is 0. The number of ether oxygens (including phenoxy) is 1. The minimum absolute atomic E-state index is 0. The van der Waals surface area contributed by atoms with Gasteiger partial charge in [0.2, 0.25) is 5.91 Å². The second kappa shape index (κ2) is 6.22. The average Bonchev–Trinajstić information content (AvgIpc) is 3.04. The molecule has 2 unspecified atom stereocenters. The molecule has 0 radical (unpaired) electrons. The summed E-state index contributed by atoms with van der Waals surface area (Å²) in [5, 5.41) is 3.41. The Balaban J connectivity index is 0.00000120. The first-order valence-electron chi connectivity index (χ1n) is 6.94. The number of nitrogens with zero attached hydrogens (tertiary/aromatic N) is 1. The van der Waals surface area contributed by atoms with Crippen LogP contribution < -0.4 is 5.32 Å². The second-order valence-corrected chi connectivity index (χ2v) is 5.64. The fourth-order valence-electron chi connectivity index (χ4n) is 3.06. The lowest BCUT2D eigenvalue weighted by molar-refractivity contribution is -0.138. The Morgan fingerprint density at radius 2 is 1.94 bits per heavy atom. The Bertz CT molecular complexity index is 283. The number of carbonyl (C=O) groups excluding carboxylic acids is 1. The van der Waals surface area contributed by atoms with Crippen LogP contribution in [0.1, 0.15) is 32.1 Å². The lowest BCUT2D eigenvalue weighted by Crippen LogP contribution is -2.44. The average molecular weight is 275 g/mol. The molecule has 3 aliphatic rings. The summed E-state index contributed by atoms with van der Waals surface area (Å²) in [7, 11) is 0. The molecule has 2 saturated heterocycles. The first kappa shape index (κ1) is 14.1. The van der Waals surface area contributed by atoms with Crippen LogP contribution in [0.25, 0.3) is 0 Å². The maximum absolute atomic E-state index is 12.2. The van der Waals surface area contributed by atoms with Crippen molar-refractivity contribution in [3.63, 3.8) is 0 Å². The molecule has 2 aliphatic heterocycles. The minimum Gasteiger partial charge on any atom is -0.371 e. The van der Waals surface area contributed by atoms with Crippen molar-refractivity contribution in [2.75, 3.05) is 26.3 Å². The molecule has 0 aromatic rings. The minimum atomic E-state index is 0. The van der Waals surface area contributed by atoms with E-state index in [9.17, 15) is 4.79 Å². The predicted octanol–water partition coefficient (Wildman–Crippen LogP) is 1.19. The molecule has 2 bridgehead atoms. The summed E-state index contributed by atoms with van der Waals surface area (Å²) in [6, 6.07) is 0.881. The van der Waals surface area contributed by atoms with E-state index in [-0.39, 0.29) is 18.3 Å². The third-order valence-electron chi connectivity index (χ3n) is 4.22. The zero-order valence-electron chi connectivity index (χ0n) is 10.8. The zero-order chi connectivity index (χ0) is 11.7. The Morgan fingerprint density at radius 1 is 1.17 bits per heavy atom. The summed E-state index contributed by atoms with van der Waals surface area (Å²) in [5.74, 6) is 0.951. The van der Waals surface area contributed by atoms with Crippen molar-refractivity contribution < 1.29 is 9.53 Å². The van der Waals surface area contributed by atoms with Gasteiger partial charge in [0.05, 0.1) is 6.61 Å². The summed E-state index contributed by atoms with van der Waals surface area (Å²) in [6.07, 6.45) is 6.01. The van der Waals surface area contributed by atoms with Gasteiger partial charge in [-0.1, -0.05) is 0 Å². The molecule has 0 aromatic heterocycles. The van der Waals surface area contributed by atoms with E-state index in [1.54, 1.807) is 0 Å². The maximum atomic E-state index is 12.2. The smallest absolute Gasteiger partial charge is 0.249 e. The van der Waals surface area contributed by atoms with Gasteiger partial charge < -0.3 is 15.0 Å². The Hall–Kier alpha value is -0.320. The standard InChI is InChI=1S/C13H22N2O2.ClH/c16-13(9-17-8-10-1-2-10)15-11-3-4-12(15)7-14-6-5-11;/h10-12,14H,1-9H2;1H. The number of rotatable bonds is 4. The maximum Gasteiger partial charge on any atom is 0.249 e. The zero-order valence-corrected chi connectivity index (χ0v) is 11.6. The van der Waals surface area contributed by atoms with Gasteiger partial charge in [0.15, 0.2) is 0 Å². The van der Waals surface area contributed by atoms with E-state index in [1.165, 1.54) is 19.3 Å². The van der Waals surface area contributed by atoms with E-state index < -0.39 is 0 Å². The summed E-state index contributed by atoms with van der Waals surface area (Å²) in [4.78, 5) is 14.3.